The van der Waals surface area contributed by atoms with Crippen LogP contribution in [0.1, 0.15) is 6.92 Å². The molecule has 14 heavy (non-hydrogen) atoms. The molecular formula is C7H10BO4SV-. The molecule has 0 aliphatic carbocycles. The number of hydrogen-bond donors (Lipinski definition) is 2. The van der Waals surface area contributed by atoms with Crippen molar-refractivity contribution in [3.05, 3.63) is 23.2 Å². The molecule has 0 aromatic carbocycles. The van der Waals surface area contributed by atoms with E-state index in [9.17, 15) is 13.9 Å². The van der Waals surface area contributed by atoms with Gasteiger partial charge in [0.2, 0.25) is 0 Å². The SMILES string of the molecule is [B][CH-]/C(=C(\C)S(=O)[O-])[C@@H](O)[CH-]CO.[V+2]. The van der Waals surface area contributed by atoms with Crippen LogP contribution < -0.4 is 0 Å². The van der Waals surface area contributed by atoms with Gasteiger partial charge in [-0.1, -0.05) is 19.6 Å². The number of aliphatic hydroxyl groups excluding tert-OH is 2. The number of allylic oxidation sites excluding steroid dienone is 1. The number of rotatable bonds is 5. The normalized spacial score (nSPS) is 16.3. The van der Waals surface area contributed by atoms with Gasteiger partial charge in [0, 0.05) is 0 Å². The van der Waals surface area contributed by atoms with Gasteiger partial charge in [-0.15, -0.1) is 16.0 Å². The summed E-state index contributed by atoms with van der Waals surface area (Å²) >= 11 is -2.41. The topological polar surface area (TPSA) is 80.6 Å². The molecule has 0 rings (SSSR count). The maximum absolute atomic E-state index is 10.5. The molecule has 0 saturated carbocycles. The molecule has 0 aromatic heterocycles. The fourth-order valence-electron chi connectivity index (χ4n) is 0.747. The molecule has 0 amide bonds. The molecule has 0 aliphatic rings. The van der Waals surface area contributed by atoms with E-state index >= 15 is 0 Å². The first-order chi connectivity index (χ1) is 6.04. The smallest absolute Gasteiger partial charge is 0.784 e. The van der Waals surface area contributed by atoms with E-state index in [1.165, 1.54) is 6.92 Å². The predicted molar refractivity (Wildman–Crippen MR) is 49.1 cm³/mol. The van der Waals surface area contributed by atoms with Crippen molar-refractivity contribution in [3.63, 3.8) is 0 Å². The molecule has 2 atom stereocenters. The van der Waals surface area contributed by atoms with Crippen molar-refractivity contribution in [3.8, 4) is 0 Å². The van der Waals surface area contributed by atoms with E-state index in [-0.39, 0.29) is 35.6 Å². The summed E-state index contributed by atoms with van der Waals surface area (Å²) in [6.07, 6.45) is 0.977. The van der Waals surface area contributed by atoms with E-state index in [2.05, 4.69) is 0 Å². The Hall–Kier alpha value is 0.289. The van der Waals surface area contributed by atoms with Gasteiger partial charge in [-0.05, 0) is 7.85 Å². The summed E-state index contributed by atoms with van der Waals surface area (Å²) in [6, 6.07) is 0. The van der Waals surface area contributed by atoms with Crippen molar-refractivity contribution >= 4 is 18.9 Å². The maximum atomic E-state index is 10.5. The summed E-state index contributed by atoms with van der Waals surface area (Å²) in [5.74, 6) is 0. The minimum Gasteiger partial charge on any atom is -0.784 e. The van der Waals surface area contributed by atoms with Crippen molar-refractivity contribution in [2.45, 2.75) is 13.0 Å². The van der Waals surface area contributed by atoms with Crippen LogP contribution in [-0.4, -0.2) is 39.5 Å². The van der Waals surface area contributed by atoms with Gasteiger partial charge in [0.25, 0.3) is 0 Å². The van der Waals surface area contributed by atoms with Crippen LogP contribution in [-0.2, 0) is 29.6 Å². The third-order valence-corrected chi connectivity index (χ3v) is 2.22. The largest absolute Gasteiger partial charge is 2.00 e. The van der Waals surface area contributed by atoms with E-state index in [0.717, 1.165) is 12.7 Å². The molecule has 0 saturated heterocycles. The van der Waals surface area contributed by atoms with E-state index in [4.69, 9.17) is 13.0 Å². The van der Waals surface area contributed by atoms with E-state index < -0.39 is 17.2 Å². The molecule has 0 fully saturated rings. The van der Waals surface area contributed by atoms with Crippen molar-refractivity contribution in [2.24, 2.45) is 0 Å². The first kappa shape index (κ1) is 16.7. The Kier molecular flexibility index (Phi) is 10.2. The second kappa shape index (κ2) is 8.59. The first-order valence-corrected chi connectivity index (χ1v) is 4.59. The summed E-state index contributed by atoms with van der Waals surface area (Å²) in [4.78, 5) is -0.0419. The van der Waals surface area contributed by atoms with Crippen molar-refractivity contribution < 1.29 is 37.5 Å². The van der Waals surface area contributed by atoms with E-state index in [0.29, 0.717) is 0 Å². The third kappa shape index (κ3) is 5.24. The van der Waals surface area contributed by atoms with E-state index in [1.54, 1.807) is 0 Å². The maximum Gasteiger partial charge on any atom is 2.00 e. The zero-order chi connectivity index (χ0) is 10.4. The van der Waals surface area contributed by atoms with Gasteiger partial charge in [0.1, 0.15) is 0 Å². The van der Waals surface area contributed by atoms with Gasteiger partial charge in [0.05, 0.1) is 0 Å². The molecule has 77 valence electrons. The summed E-state index contributed by atoms with van der Waals surface area (Å²) in [6.45, 7) is 0.966. The average molecular weight is 252 g/mol. The molecule has 0 aliphatic heterocycles. The standard InChI is InChI=1S/C7H11BO4S.V/c1-5(13(11)12)6(4-8)7(10)2-3-9;/h2,4,7,9-10H,3H2,1H3,(H,11,12);/q-2;+2/p-1/b6-5-;/t7-;/m0./s1. The molecule has 0 heterocycles. The molecule has 3 radical (unpaired) electrons. The molecule has 2 N–H and O–H groups in total. The Balaban J connectivity index is 0. The van der Waals surface area contributed by atoms with Gasteiger partial charge >= 0.3 is 18.6 Å². The van der Waals surface area contributed by atoms with Crippen LogP contribution in [0.5, 0.6) is 0 Å². The zero-order valence-corrected chi connectivity index (χ0v) is 9.80. The molecule has 4 nitrogen and oxygen atoms in total. The summed E-state index contributed by atoms with van der Waals surface area (Å²) in [5.41, 5.74) is 0.0717. The quantitative estimate of drug-likeness (QED) is 0.374. The number of aliphatic hydroxyl groups is 2. The van der Waals surface area contributed by atoms with E-state index in [1.807, 2.05) is 0 Å². The zero-order valence-electron chi connectivity index (χ0n) is 7.58. The first-order valence-electron chi connectivity index (χ1n) is 3.51. The van der Waals surface area contributed by atoms with Crippen LogP contribution in [0.2, 0.25) is 0 Å². The summed E-state index contributed by atoms with van der Waals surface area (Å²) in [7, 11) is 5.12. The average Bonchev–Trinajstić information content (AvgIpc) is 2.05. The Morgan fingerprint density at radius 2 is 2.21 bits per heavy atom. The Bertz CT molecular complexity index is 222. The fraction of sp³-hybridized carbons (Fsp3) is 0.429. The Labute approximate surface area is 99.4 Å². The monoisotopic (exact) mass is 252 g/mol. The molecule has 0 aromatic rings. The van der Waals surface area contributed by atoms with Crippen LogP contribution in [0.4, 0.5) is 0 Å². The van der Waals surface area contributed by atoms with Crippen molar-refractivity contribution in [1.29, 1.82) is 0 Å². The predicted octanol–water partition coefficient (Wildman–Crippen LogP) is -0.975. The van der Waals surface area contributed by atoms with Crippen LogP contribution in [0, 0.1) is 12.7 Å². The summed E-state index contributed by atoms with van der Waals surface area (Å²) < 4.78 is 21.0. The van der Waals surface area contributed by atoms with Gasteiger partial charge < -0.3 is 14.8 Å². The van der Waals surface area contributed by atoms with Crippen LogP contribution in [0.15, 0.2) is 10.5 Å². The minimum absolute atomic E-state index is 0. The minimum atomic E-state index is -2.41. The second-order valence-electron chi connectivity index (χ2n) is 2.28. The van der Waals surface area contributed by atoms with Gasteiger partial charge in [-0.3, -0.25) is 16.9 Å². The molecule has 0 spiro atoms. The molecule has 7 heteroatoms. The van der Waals surface area contributed by atoms with Crippen molar-refractivity contribution in [1.82, 2.24) is 0 Å². The third-order valence-electron chi connectivity index (χ3n) is 1.48. The van der Waals surface area contributed by atoms with Crippen LogP contribution >= 0.6 is 0 Å². The second-order valence-corrected chi connectivity index (χ2v) is 3.36. The Morgan fingerprint density at radius 1 is 1.71 bits per heavy atom. The number of hydrogen-bond acceptors (Lipinski definition) is 4. The molecular weight excluding hydrogens is 242 g/mol. The summed E-state index contributed by atoms with van der Waals surface area (Å²) in [5, 5.41) is 17.7. The van der Waals surface area contributed by atoms with Gasteiger partial charge in [-0.25, -0.2) is 5.57 Å². The fourth-order valence-corrected chi connectivity index (χ4v) is 1.13. The van der Waals surface area contributed by atoms with Gasteiger partial charge in [0.15, 0.2) is 0 Å². The Morgan fingerprint density at radius 3 is 2.50 bits per heavy atom. The van der Waals surface area contributed by atoms with Gasteiger partial charge in [-0.2, -0.15) is 0 Å². The van der Waals surface area contributed by atoms with Crippen molar-refractivity contribution in [2.75, 3.05) is 6.61 Å². The van der Waals surface area contributed by atoms with Crippen LogP contribution in [0.25, 0.3) is 0 Å². The molecule has 0 bridgehead atoms. The van der Waals surface area contributed by atoms with Crippen LogP contribution in [0.3, 0.4) is 0 Å². The molecule has 1 unspecified atom stereocenters.